The van der Waals surface area contributed by atoms with Gasteiger partial charge in [0.1, 0.15) is 5.75 Å². The molecule has 2 nitrogen and oxygen atoms in total. The Bertz CT molecular complexity index is 250. The topological polar surface area (TPSA) is 22.1 Å². The summed E-state index contributed by atoms with van der Waals surface area (Å²) in [6.07, 6.45) is 10.2. The molecule has 0 spiro atoms. The van der Waals surface area contributed by atoms with E-state index in [2.05, 4.69) is 10.9 Å². The minimum Gasteiger partial charge on any atom is -0.492 e. The second-order valence-corrected chi connectivity index (χ2v) is 2.34. The standard InChI is InChI=1S/C10H11NO/c1-2-3-4-8-12-10-6-5-7-11-9-10/h1,5-7,9H,3-4,8H2. The quantitative estimate of drug-likeness (QED) is 0.497. The summed E-state index contributed by atoms with van der Waals surface area (Å²) in [5, 5.41) is 0. The van der Waals surface area contributed by atoms with Crippen molar-refractivity contribution in [2.75, 3.05) is 6.61 Å². The predicted octanol–water partition coefficient (Wildman–Crippen LogP) is 1.87. The number of rotatable bonds is 4. The van der Waals surface area contributed by atoms with Crippen LogP contribution >= 0.6 is 0 Å². The molecule has 0 bridgehead atoms. The van der Waals surface area contributed by atoms with Crippen molar-refractivity contribution in [3.05, 3.63) is 24.5 Å². The zero-order chi connectivity index (χ0) is 8.65. The highest BCUT2D eigenvalue weighted by Gasteiger charge is 1.90. The molecule has 0 atom stereocenters. The van der Waals surface area contributed by atoms with Gasteiger partial charge in [0.15, 0.2) is 0 Å². The van der Waals surface area contributed by atoms with Gasteiger partial charge in [0.25, 0.3) is 0 Å². The minimum atomic E-state index is 0.663. The number of ether oxygens (including phenoxy) is 1. The Balaban J connectivity index is 2.21. The lowest BCUT2D eigenvalue weighted by Gasteiger charge is -2.02. The van der Waals surface area contributed by atoms with Crippen LogP contribution in [0, 0.1) is 12.3 Å². The molecule has 12 heavy (non-hydrogen) atoms. The van der Waals surface area contributed by atoms with Gasteiger partial charge in [-0.1, -0.05) is 0 Å². The Kier molecular flexibility index (Phi) is 3.73. The number of nitrogens with zero attached hydrogens (tertiary/aromatic N) is 1. The molecule has 1 rings (SSSR count). The Morgan fingerprint density at radius 1 is 1.58 bits per heavy atom. The molecule has 0 fully saturated rings. The molecule has 0 aromatic carbocycles. The molecular formula is C10H11NO. The van der Waals surface area contributed by atoms with E-state index in [9.17, 15) is 0 Å². The van der Waals surface area contributed by atoms with E-state index in [0.29, 0.717) is 6.61 Å². The van der Waals surface area contributed by atoms with Gasteiger partial charge in [-0.2, -0.15) is 0 Å². The van der Waals surface area contributed by atoms with Crippen LogP contribution in [0.15, 0.2) is 24.5 Å². The average molecular weight is 161 g/mol. The number of hydrogen-bond acceptors (Lipinski definition) is 2. The van der Waals surface area contributed by atoms with Gasteiger partial charge >= 0.3 is 0 Å². The summed E-state index contributed by atoms with van der Waals surface area (Å²) in [5.41, 5.74) is 0. The average Bonchev–Trinajstić information content (AvgIpc) is 2.14. The third kappa shape index (κ3) is 3.07. The van der Waals surface area contributed by atoms with Crippen LogP contribution in [0.2, 0.25) is 0 Å². The number of unbranched alkanes of at least 4 members (excludes halogenated alkanes) is 1. The number of pyridine rings is 1. The molecule has 0 radical (unpaired) electrons. The fraction of sp³-hybridized carbons (Fsp3) is 0.300. The zero-order valence-corrected chi connectivity index (χ0v) is 6.86. The van der Waals surface area contributed by atoms with Gasteiger partial charge in [-0.05, 0) is 18.6 Å². The summed E-state index contributed by atoms with van der Waals surface area (Å²) in [5.74, 6) is 3.36. The molecule has 0 amide bonds. The van der Waals surface area contributed by atoms with E-state index >= 15 is 0 Å². The van der Waals surface area contributed by atoms with E-state index in [1.54, 1.807) is 12.4 Å². The van der Waals surface area contributed by atoms with E-state index in [1.165, 1.54) is 0 Å². The van der Waals surface area contributed by atoms with E-state index in [1.807, 2.05) is 12.1 Å². The van der Waals surface area contributed by atoms with Crippen molar-refractivity contribution < 1.29 is 4.74 Å². The first kappa shape index (κ1) is 8.61. The first-order valence-corrected chi connectivity index (χ1v) is 3.90. The van der Waals surface area contributed by atoms with Crippen LogP contribution in [0.3, 0.4) is 0 Å². The summed E-state index contributed by atoms with van der Waals surface area (Å²) in [4.78, 5) is 3.92. The monoisotopic (exact) mass is 161 g/mol. The number of aromatic nitrogens is 1. The van der Waals surface area contributed by atoms with Crippen molar-refractivity contribution in [3.8, 4) is 18.1 Å². The Hall–Kier alpha value is -1.49. The molecule has 62 valence electrons. The fourth-order valence-electron chi connectivity index (χ4n) is 0.797. The largest absolute Gasteiger partial charge is 0.492 e. The van der Waals surface area contributed by atoms with Crippen molar-refractivity contribution in [2.24, 2.45) is 0 Å². The van der Waals surface area contributed by atoms with Crippen LogP contribution in [0.4, 0.5) is 0 Å². The van der Waals surface area contributed by atoms with Crippen LogP contribution in [0.1, 0.15) is 12.8 Å². The Labute approximate surface area is 72.6 Å². The summed E-state index contributed by atoms with van der Waals surface area (Å²) in [7, 11) is 0. The lowest BCUT2D eigenvalue weighted by Crippen LogP contribution is -1.96. The summed E-state index contributed by atoms with van der Waals surface area (Å²) in [6.45, 7) is 0.663. The third-order valence-electron chi connectivity index (χ3n) is 1.37. The molecule has 1 heterocycles. The molecule has 0 aliphatic rings. The summed E-state index contributed by atoms with van der Waals surface area (Å²) < 4.78 is 5.35. The molecule has 0 unspecified atom stereocenters. The van der Waals surface area contributed by atoms with Crippen LogP contribution in [0.5, 0.6) is 5.75 Å². The van der Waals surface area contributed by atoms with Crippen LogP contribution in [-0.4, -0.2) is 11.6 Å². The molecule has 0 N–H and O–H groups in total. The van der Waals surface area contributed by atoms with Gasteiger partial charge in [-0.3, -0.25) is 4.98 Å². The lowest BCUT2D eigenvalue weighted by atomic mass is 10.3. The highest BCUT2D eigenvalue weighted by atomic mass is 16.5. The smallest absolute Gasteiger partial charge is 0.137 e. The third-order valence-corrected chi connectivity index (χ3v) is 1.37. The maximum Gasteiger partial charge on any atom is 0.137 e. The highest BCUT2D eigenvalue weighted by molar-refractivity contribution is 5.15. The van der Waals surface area contributed by atoms with E-state index < -0.39 is 0 Å². The van der Waals surface area contributed by atoms with Gasteiger partial charge in [0.2, 0.25) is 0 Å². The number of hydrogen-bond donors (Lipinski definition) is 0. The summed E-state index contributed by atoms with van der Waals surface area (Å²) in [6, 6.07) is 3.72. The van der Waals surface area contributed by atoms with Gasteiger partial charge in [0.05, 0.1) is 12.8 Å². The van der Waals surface area contributed by atoms with Gasteiger partial charge in [-0.25, -0.2) is 0 Å². The maximum absolute atomic E-state index is 5.35. The second-order valence-electron chi connectivity index (χ2n) is 2.34. The molecular weight excluding hydrogens is 150 g/mol. The molecule has 0 aliphatic carbocycles. The van der Waals surface area contributed by atoms with Crippen molar-refractivity contribution in [1.82, 2.24) is 4.98 Å². The SMILES string of the molecule is C#CCCCOc1cccnc1. The first-order valence-electron chi connectivity index (χ1n) is 3.90. The van der Waals surface area contributed by atoms with Crippen LogP contribution in [0.25, 0.3) is 0 Å². The summed E-state index contributed by atoms with van der Waals surface area (Å²) >= 11 is 0. The first-order chi connectivity index (χ1) is 5.93. The van der Waals surface area contributed by atoms with Gasteiger partial charge in [-0.15, -0.1) is 12.3 Å². The Morgan fingerprint density at radius 2 is 2.50 bits per heavy atom. The molecule has 0 saturated carbocycles. The van der Waals surface area contributed by atoms with E-state index in [-0.39, 0.29) is 0 Å². The maximum atomic E-state index is 5.35. The van der Waals surface area contributed by atoms with Crippen molar-refractivity contribution in [1.29, 1.82) is 0 Å². The zero-order valence-electron chi connectivity index (χ0n) is 6.86. The predicted molar refractivity (Wildman–Crippen MR) is 47.8 cm³/mol. The van der Waals surface area contributed by atoms with Gasteiger partial charge < -0.3 is 4.74 Å². The molecule has 0 aliphatic heterocycles. The molecule has 1 aromatic rings. The molecule has 1 aromatic heterocycles. The van der Waals surface area contributed by atoms with E-state index in [0.717, 1.165) is 18.6 Å². The van der Waals surface area contributed by atoms with Crippen LogP contribution < -0.4 is 4.74 Å². The van der Waals surface area contributed by atoms with E-state index in [4.69, 9.17) is 11.2 Å². The number of terminal acetylenes is 1. The van der Waals surface area contributed by atoms with Crippen molar-refractivity contribution >= 4 is 0 Å². The van der Waals surface area contributed by atoms with Crippen molar-refractivity contribution in [3.63, 3.8) is 0 Å². The lowest BCUT2D eigenvalue weighted by molar-refractivity contribution is 0.312. The molecule has 0 saturated heterocycles. The second kappa shape index (κ2) is 5.20. The fourth-order valence-corrected chi connectivity index (χ4v) is 0.797. The Morgan fingerprint density at radius 3 is 3.17 bits per heavy atom. The minimum absolute atomic E-state index is 0.663. The molecule has 2 heteroatoms. The van der Waals surface area contributed by atoms with Gasteiger partial charge in [0, 0.05) is 12.6 Å². The van der Waals surface area contributed by atoms with Crippen LogP contribution in [-0.2, 0) is 0 Å². The highest BCUT2D eigenvalue weighted by Crippen LogP contribution is 2.06. The van der Waals surface area contributed by atoms with Crippen molar-refractivity contribution in [2.45, 2.75) is 12.8 Å². The normalized spacial score (nSPS) is 8.92.